The molecule has 0 saturated carbocycles. The number of nitro benzene ring substituents is 4. The highest BCUT2D eigenvalue weighted by atomic mass is 127. The Kier molecular flexibility index (Phi) is 40.5. The molecule has 0 saturated heterocycles. The number of amides is 1. The fourth-order valence-corrected chi connectivity index (χ4v) is 16.9. The standard InChI is InChI=1S/C16H21BrN2O6.C14H18BrIN2O5.C14H17BrINO5.C14H19BrINO3.C14H19BrN2O5/c1-8-12(14(15(21)24-6)25-16(3,4)5)10(17)7-11(18-9(2)20)13(8)19(22)23;1-6-7(12(13(19)22-5)23-14(2,3)4)8(15)9(16)10(17)11(6)18(20)21;1-7-10(8(15)6-9(16)11(7)17(19)20)12(13(18)21-5)22-14(2,3)4;1-7-10(8(15)6-9(16)11(7)17)12(13(18)19-5)20-14(2,3)4;1-7-10(8(15)6-9(16)11(7)17(19)20)12(13(18)21-5)22-14(2,3)4/h7,14H,1-6H3,(H,18,20);12H,17H2,1-5H3;6,12H,1-5H3;6,12H,17H2,1-5H3;6,12H,16H2,1-5H3/t14-;4*12-/m00000/s1. The van der Waals surface area contributed by atoms with Crippen LogP contribution in [0.3, 0.4) is 0 Å². The average Bonchev–Trinajstić information content (AvgIpc) is 0.787. The number of carbonyl (C=O) groups excluding carboxylic acids is 6. The van der Waals surface area contributed by atoms with Crippen LogP contribution in [0.4, 0.5) is 45.5 Å². The molecule has 0 aliphatic carbocycles. The molecule has 5 rings (SSSR count). The molecule has 5 aromatic rings. The first-order chi connectivity index (χ1) is 50.9. The number of nitrogens with two attached hydrogens (primary N) is 3. The van der Waals surface area contributed by atoms with E-state index in [9.17, 15) is 69.2 Å². The van der Waals surface area contributed by atoms with Gasteiger partial charge in [0.2, 0.25) is 5.91 Å². The maximum atomic E-state index is 12.2. The fraction of sp³-hybridized carbons (Fsp3) is 0.500. The van der Waals surface area contributed by atoms with E-state index in [1.54, 1.807) is 96.1 Å². The van der Waals surface area contributed by atoms with Crippen LogP contribution in [0, 0.1) is 85.8 Å². The van der Waals surface area contributed by atoms with Crippen LogP contribution in [-0.4, -0.2) is 119 Å². The summed E-state index contributed by atoms with van der Waals surface area (Å²) in [7, 11) is 6.29. The summed E-state index contributed by atoms with van der Waals surface area (Å²) < 4.78 is 57.5. The van der Waals surface area contributed by atoms with Gasteiger partial charge in [0.1, 0.15) is 17.1 Å². The van der Waals surface area contributed by atoms with Crippen molar-refractivity contribution in [3.05, 3.63) is 153 Å². The Labute approximate surface area is 732 Å². The molecule has 0 heterocycles. The number of hydrogen-bond donors (Lipinski definition) is 4. The number of carbonyl (C=O) groups is 6. The Morgan fingerprint density at radius 2 is 0.634 bits per heavy atom. The van der Waals surface area contributed by atoms with E-state index < -0.39 is 114 Å². The average molecular weight is 2240 g/mol. The van der Waals surface area contributed by atoms with Gasteiger partial charge < -0.3 is 69.9 Å². The number of nitrogens with one attached hydrogen (secondary N) is 1. The summed E-state index contributed by atoms with van der Waals surface area (Å²) >= 11 is 22.8. The van der Waals surface area contributed by atoms with Gasteiger partial charge in [-0.05, 0) is 252 Å². The summed E-state index contributed by atoms with van der Waals surface area (Å²) in [4.78, 5) is 115. The molecule has 5 atom stereocenters. The van der Waals surface area contributed by atoms with E-state index >= 15 is 0 Å². The maximum absolute atomic E-state index is 12.2. The summed E-state index contributed by atoms with van der Waals surface area (Å²) in [5.74, 6) is -3.45. The van der Waals surface area contributed by atoms with Crippen molar-refractivity contribution >= 4 is 229 Å². The topological polar surface area (TPSA) is 457 Å². The molecule has 0 aliphatic rings. The highest BCUT2D eigenvalue weighted by Gasteiger charge is 2.41. The first-order valence-electron chi connectivity index (χ1n) is 32.9. The van der Waals surface area contributed by atoms with Crippen molar-refractivity contribution in [2.24, 2.45) is 0 Å². The van der Waals surface area contributed by atoms with E-state index in [4.69, 9.17) is 64.6 Å². The predicted molar refractivity (Wildman–Crippen MR) is 465 cm³/mol. The molecular formula is C72H94Br5I3N8O24. The summed E-state index contributed by atoms with van der Waals surface area (Å²) in [5, 5.41) is 47.8. The van der Waals surface area contributed by atoms with Crippen molar-refractivity contribution in [3.63, 3.8) is 0 Å². The number of esters is 5. The zero-order valence-electron chi connectivity index (χ0n) is 66.5. The largest absolute Gasteiger partial charge is 0.467 e. The van der Waals surface area contributed by atoms with Gasteiger partial charge in [-0.3, -0.25) is 45.3 Å². The van der Waals surface area contributed by atoms with Crippen LogP contribution in [0.25, 0.3) is 0 Å². The monoisotopic (exact) mass is 2230 g/mol. The second-order valence-electron chi connectivity index (χ2n) is 29.0. The van der Waals surface area contributed by atoms with Crippen LogP contribution < -0.4 is 22.5 Å². The highest BCUT2D eigenvalue weighted by Crippen LogP contribution is 2.47. The number of nitro groups is 4. The smallest absolute Gasteiger partial charge is 0.339 e. The Morgan fingerprint density at radius 3 is 0.920 bits per heavy atom. The van der Waals surface area contributed by atoms with E-state index in [-0.39, 0.29) is 62.1 Å². The molecular weight excluding hydrogens is 2140 g/mol. The molecule has 32 nitrogen and oxygen atoms in total. The number of methoxy groups -OCH3 is 5. The third-order valence-electron chi connectivity index (χ3n) is 14.7. The molecule has 5 aromatic carbocycles. The second-order valence-corrected chi connectivity index (χ2v) is 36.6. The van der Waals surface area contributed by atoms with Gasteiger partial charge in [0.15, 0.2) is 30.5 Å². The summed E-state index contributed by atoms with van der Waals surface area (Å²) in [6.07, 6.45) is -5.23. The molecule has 40 heteroatoms. The Balaban J connectivity index is 0.000000701. The van der Waals surface area contributed by atoms with Crippen LogP contribution in [0.15, 0.2) is 46.6 Å². The van der Waals surface area contributed by atoms with Crippen molar-refractivity contribution in [2.75, 3.05) is 58.1 Å². The van der Waals surface area contributed by atoms with Gasteiger partial charge in [-0.2, -0.15) is 0 Å². The molecule has 1 amide bonds. The van der Waals surface area contributed by atoms with Crippen molar-refractivity contribution in [3.8, 4) is 0 Å². The van der Waals surface area contributed by atoms with E-state index in [1.165, 1.54) is 75.4 Å². The number of halogens is 8. The lowest BCUT2D eigenvalue weighted by Crippen LogP contribution is -2.29. The van der Waals surface area contributed by atoms with Gasteiger partial charge in [0, 0.05) is 88.6 Å². The molecule has 7 N–H and O–H groups in total. The van der Waals surface area contributed by atoms with Gasteiger partial charge >= 0.3 is 29.8 Å². The number of hydrogen-bond acceptors (Lipinski definition) is 27. The SMILES string of the molecule is COC(=O)[C@@H](OC(C)(C)C)c1c(Br)cc(I)c(N)c1C.COC(=O)[C@@H](OC(C)(C)C)c1c(Br)cc(I)c([N+](=O)[O-])c1C.COC(=O)[C@@H](OC(C)(C)C)c1c(Br)cc(N)c([N+](=O)[O-])c1C.COC(=O)[C@@H](OC(C)(C)C)c1c(Br)cc(NC(C)=O)c([N+](=O)[O-])c1C.COC(=O)[C@@H](OC(C)(C)C)c1c(C)c([N+](=O)[O-])c(N)c(I)c1Br. The number of rotatable bonds is 20. The van der Waals surface area contributed by atoms with Crippen LogP contribution >= 0.6 is 147 Å². The van der Waals surface area contributed by atoms with E-state index in [2.05, 4.69) is 108 Å². The van der Waals surface area contributed by atoms with Crippen LogP contribution in [0.5, 0.6) is 0 Å². The van der Waals surface area contributed by atoms with Crippen molar-refractivity contribution < 1.29 is 95.8 Å². The molecule has 622 valence electrons. The number of benzene rings is 5. The van der Waals surface area contributed by atoms with Crippen molar-refractivity contribution in [1.29, 1.82) is 0 Å². The lowest BCUT2D eigenvalue weighted by Gasteiger charge is -2.28. The van der Waals surface area contributed by atoms with Crippen LogP contribution in [0.2, 0.25) is 0 Å². The molecule has 0 unspecified atom stereocenters. The highest BCUT2D eigenvalue weighted by molar-refractivity contribution is 14.1. The molecule has 0 fully saturated rings. The molecule has 0 bridgehead atoms. The van der Waals surface area contributed by atoms with Gasteiger partial charge in [0.05, 0.1) is 90.4 Å². The number of anilines is 4. The van der Waals surface area contributed by atoms with E-state index in [0.29, 0.717) is 58.5 Å². The van der Waals surface area contributed by atoms with Gasteiger partial charge in [-0.1, -0.05) is 63.7 Å². The fourth-order valence-electron chi connectivity index (χ4n) is 10.2. The number of nitrogen functional groups attached to an aromatic ring is 3. The van der Waals surface area contributed by atoms with E-state index in [1.807, 2.05) is 78.9 Å². The normalized spacial score (nSPS) is 12.8. The molecule has 0 spiro atoms. The Morgan fingerprint density at radius 1 is 0.384 bits per heavy atom. The number of ether oxygens (including phenoxy) is 10. The van der Waals surface area contributed by atoms with Crippen molar-refractivity contribution in [2.45, 2.75) is 204 Å². The third kappa shape index (κ3) is 29.8. The quantitative estimate of drug-likeness (QED) is 0.0140. The third-order valence-corrected chi connectivity index (χ3v) is 21.7. The van der Waals surface area contributed by atoms with Crippen molar-refractivity contribution in [1.82, 2.24) is 0 Å². The Hall–Kier alpha value is -5.69. The molecule has 0 aromatic heterocycles. The summed E-state index contributed by atoms with van der Waals surface area (Å²) in [5.41, 5.74) is 18.4. The molecule has 112 heavy (non-hydrogen) atoms. The van der Waals surface area contributed by atoms with Crippen LogP contribution in [0.1, 0.15) is 197 Å². The molecule has 0 radical (unpaired) electrons. The summed E-state index contributed by atoms with van der Waals surface area (Å²) in [6.45, 7) is 36.3. The first kappa shape index (κ1) is 104. The minimum absolute atomic E-state index is 0.0116. The minimum atomic E-state index is -1.16. The summed E-state index contributed by atoms with van der Waals surface area (Å²) in [6, 6.07) is 6.25. The Bertz CT molecular complexity index is 4280. The minimum Gasteiger partial charge on any atom is -0.467 e. The molecule has 0 aliphatic heterocycles. The van der Waals surface area contributed by atoms with Gasteiger partial charge in [-0.25, -0.2) is 24.0 Å². The lowest BCUT2D eigenvalue weighted by atomic mass is 9.99. The first-order valence-corrected chi connectivity index (χ1v) is 40.1. The zero-order chi connectivity index (χ0) is 87.8. The van der Waals surface area contributed by atoms with Gasteiger partial charge in [-0.15, -0.1) is 0 Å². The van der Waals surface area contributed by atoms with Crippen LogP contribution in [-0.2, 0) is 76.1 Å². The van der Waals surface area contributed by atoms with Gasteiger partial charge in [0.25, 0.3) is 22.7 Å². The number of nitrogens with zero attached hydrogens (tertiary/aromatic N) is 4. The zero-order valence-corrected chi connectivity index (χ0v) is 80.9. The maximum Gasteiger partial charge on any atom is 0.339 e. The lowest BCUT2D eigenvalue weighted by molar-refractivity contribution is -0.386. The van der Waals surface area contributed by atoms with E-state index in [0.717, 1.165) is 13.6 Å². The predicted octanol–water partition coefficient (Wildman–Crippen LogP) is 19.1. The second kappa shape index (κ2) is 43.5.